The van der Waals surface area contributed by atoms with E-state index in [2.05, 4.69) is 5.32 Å². The fourth-order valence-electron chi connectivity index (χ4n) is 3.12. The van der Waals surface area contributed by atoms with Crippen molar-refractivity contribution in [3.8, 4) is 5.75 Å². The smallest absolute Gasteiger partial charge is 0.234 e. The summed E-state index contributed by atoms with van der Waals surface area (Å²) < 4.78 is 35.9. The quantitative estimate of drug-likeness (QED) is 0.748. The van der Waals surface area contributed by atoms with Gasteiger partial charge in [-0.25, -0.2) is 8.42 Å². The topological polar surface area (TPSA) is 88.2 Å². The highest BCUT2D eigenvalue weighted by Crippen LogP contribution is 2.22. The molecule has 144 valence electrons. The van der Waals surface area contributed by atoms with Gasteiger partial charge in [-0.15, -0.1) is 0 Å². The third kappa shape index (κ3) is 5.16. The van der Waals surface area contributed by atoms with Gasteiger partial charge in [-0.3, -0.25) is 9.69 Å². The highest BCUT2D eigenvalue weighted by Gasteiger charge is 2.27. The molecule has 0 bridgehead atoms. The Morgan fingerprint density at radius 2 is 2.08 bits per heavy atom. The van der Waals surface area contributed by atoms with Crippen LogP contribution in [0.3, 0.4) is 0 Å². The lowest BCUT2D eigenvalue weighted by molar-refractivity contribution is -0.123. The lowest BCUT2D eigenvalue weighted by atomic mass is 10.2. The summed E-state index contributed by atoms with van der Waals surface area (Å²) in [7, 11) is -3.23. The van der Waals surface area contributed by atoms with Crippen molar-refractivity contribution in [2.24, 2.45) is 0 Å². The van der Waals surface area contributed by atoms with E-state index in [0.717, 1.165) is 11.3 Å². The second-order valence-electron chi connectivity index (χ2n) is 6.58. The molecule has 0 spiro atoms. The minimum atomic E-state index is -3.23. The zero-order valence-electron chi connectivity index (χ0n) is 14.9. The van der Waals surface area contributed by atoms with Crippen LogP contribution in [0.1, 0.15) is 5.56 Å². The van der Waals surface area contributed by atoms with Crippen LogP contribution in [-0.2, 0) is 26.1 Å². The van der Waals surface area contributed by atoms with Crippen LogP contribution in [0.2, 0.25) is 0 Å². The van der Waals surface area contributed by atoms with Gasteiger partial charge in [0.05, 0.1) is 25.5 Å². The van der Waals surface area contributed by atoms with Gasteiger partial charge in [-0.1, -0.05) is 18.2 Å². The van der Waals surface area contributed by atoms with E-state index in [1.807, 2.05) is 29.2 Å². The molecule has 0 saturated carbocycles. The Hall–Kier alpha value is -1.68. The lowest BCUT2D eigenvalue weighted by Crippen LogP contribution is -2.50. The van der Waals surface area contributed by atoms with Crippen LogP contribution in [0.15, 0.2) is 24.3 Å². The molecule has 1 fully saturated rings. The first-order chi connectivity index (χ1) is 12.4. The first-order valence-electron chi connectivity index (χ1n) is 8.68. The summed E-state index contributed by atoms with van der Waals surface area (Å²) in [4.78, 5) is 14.3. The van der Waals surface area contributed by atoms with E-state index in [-0.39, 0.29) is 25.1 Å². The number of fused-ring (bicyclic) bond motifs is 1. The summed E-state index contributed by atoms with van der Waals surface area (Å²) in [6, 6.07) is 7.83. The molecule has 26 heavy (non-hydrogen) atoms. The predicted molar refractivity (Wildman–Crippen MR) is 96.4 cm³/mol. The normalized spacial score (nSPS) is 22.1. The summed E-state index contributed by atoms with van der Waals surface area (Å²) >= 11 is 0. The van der Waals surface area contributed by atoms with Gasteiger partial charge in [0, 0.05) is 38.3 Å². The van der Waals surface area contributed by atoms with Crippen LogP contribution in [0, 0.1) is 0 Å². The summed E-state index contributed by atoms with van der Waals surface area (Å²) in [5, 5.41) is 2.85. The fourth-order valence-corrected chi connectivity index (χ4v) is 3.96. The Morgan fingerprint density at radius 3 is 2.88 bits per heavy atom. The van der Waals surface area contributed by atoms with E-state index in [0.29, 0.717) is 39.4 Å². The molecule has 2 aliphatic heterocycles. The molecular weight excluding hydrogens is 358 g/mol. The number of para-hydroxylation sites is 1. The van der Waals surface area contributed by atoms with E-state index in [1.54, 1.807) is 0 Å². The van der Waals surface area contributed by atoms with Crippen LogP contribution in [-0.4, -0.2) is 81.8 Å². The highest BCUT2D eigenvalue weighted by molar-refractivity contribution is 7.88. The number of benzene rings is 1. The number of ether oxygens (including phenoxy) is 2. The number of carbonyl (C=O) groups excluding carboxylic acids is 1. The van der Waals surface area contributed by atoms with Gasteiger partial charge in [-0.2, -0.15) is 4.31 Å². The van der Waals surface area contributed by atoms with E-state index in [4.69, 9.17) is 9.47 Å². The van der Waals surface area contributed by atoms with Crippen molar-refractivity contribution in [2.75, 3.05) is 52.2 Å². The Labute approximate surface area is 154 Å². The molecule has 0 radical (unpaired) electrons. The molecule has 9 heteroatoms. The van der Waals surface area contributed by atoms with E-state index < -0.39 is 10.0 Å². The maximum atomic E-state index is 12.3. The van der Waals surface area contributed by atoms with Crippen molar-refractivity contribution in [1.82, 2.24) is 14.5 Å². The molecule has 2 aliphatic rings. The summed E-state index contributed by atoms with van der Waals surface area (Å²) in [5.74, 6) is 0.761. The molecular formula is C17H25N3O5S. The lowest BCUT2D eigenvalue weighted by Gasteiger charge is -2.31. The third-order valence-electron chi connectivity index (χ3n) is 4.50. The molecule has 0 aromatic heterocycles. The Balaban J connectivity index is 1.47. The van der Waals surface area contributed by atoms with E-state index in [9.17, 15) is 13.2 Å². The molecule has 8 nitrogen and oxygen atoms in total. The number of sulfonamides is 1. The number of amides is 1. The molecule has 1 saturated heterocycles. The SMILES string of the molecule is CS(=O)(=O)N1CCOC(CNC(=O)CN2CCOc3ccccc3C2)C1. The average molecular weight is 383 g/mol. The Bertz CT molecular complexity index is 740. The molecule has 1 amide bonds. The maximum absolute atomic E-state index is 12.3. The van der Waals surface area contributed by atoms with Crippen LogP contribution >= 0.6 is 0 Å². The van der Waals surface area contributed by atoms with Crippen molar-refractivity contribution in [1.29, 1.82) is 0 Å². The van der Waals surface area contributed by atoms with E-state index in [1.165, 1.54) is 10.6 Å². The Morgan fingerprint density at radius 1 is 1.27 bits per heavy atom. The van der Waals surface area contributed by atoms with Crippen molar-refractivity contribution in [3.05, 3.63) is 29.8 Å². The molecule has 0 aliphatic carbocycles. The van der Waals surface area contributed by atoms with Crippen molar-refractivity contribution < 1.29 is 22.7 Å². The zero-order chi connectivity index (χ0) is 18.6. The van der Waals surface area contributed by atoms with Gasteiger partial charge in [-0.05, 0) is 6.07 Å². The second-order valence-corrected chi connectivity index (χ2v) is 8.57. The van der Waals surface area contributed by atoms with Crippen LogP contribution in [0.5, 0.6) is 5.75 Å². The number of rotatable bonds is 5. The number of nitrogens with zero attached hydrogens (tertiary/aromatic N) is 2. The summed E-state index contributed by atoms with van der Waals surface area (Å²) in [6.45, 7) is 3.40. The number of nitrogens with one attached hydrogen (secondary N) is 1. The second kappa shape index (κ2) is 8.34. The molecule has 1 aromatic carbocycles. The largest absolute Gasteiger partial charge is 0.492 e. The first-order valence-corrected chi connectivity index (χ1v) is 10.5. The van der Waals surface area contributed by atoms with Gasteiger partial charge in [0.1, 0.15) is 12.4 Å². The van der Waals surface area contributed by atoms with Crippen molar-refractivity contribution in [2.45, 2.75) is 12.6 Å². The van der Waals surface area contributed by atoms with E-state index >= 15 is 0 Å². The molecule has 1 unspecified atom stereocenters. The van der Waals surface area contributed by atoms with Gasteiger partial charge in [0.2, 0.25) is 15.9 Å². The molecule has 1 aromatic rings. The minimum Gasteiger partial charge on any atom is -0.492 e. The molecule has 1 N–H and O–H groups in total. The van der Waals surface area contributed by atoms with Crippen LogP contribution in [0.25, 0.3) is 0 Å². The number of hydrogen-bond donors (Lipinski definition) is 1. The molecule has 3 rings (SSSR count). The molecule has 2 heterocycles. The minimum absolute atomic E-state index is 0.107. The summed E-state index contributed by atoms with van der Waals surface area (Å²) in [6.07, 6.45) is 0.864. The standard InChI is InChI=1S/C17H25N3O5S/c1-26(22,23)20-7-9-24-15(12-20)10-18-17(21)13-19-6-8-25-16-5-3-2-4-14(16)11-19/h2-5,15H,6-13H2,1H3,(H,18,21). The zero-order valence-corrected chi connectivity index (χ0v) is 15.7. The Kier molecular flexibility index (Phi) is 6.13. The summed E-state index contributed by atoms with van der Waals surface area (Å²) in [5.41, 5.74) is 1.07. The monoisotopic (exact) mass is 383 g/mol. The average Bonchev–Trinajstić information content (AvgIpc) is 2.81. The van der Waals surface area contributed by atoms with Gasteiger partial charge in [0.25, 0.3) is 0 Å². The van der Waals surface area contributed by atoms with Crippen LogP contribution < -0.4 is 10.1 Å². The third-order valence-corrected chi connectivity index (χ3v) is 5.77. The maximum Gasteiger partial charge on any atom is 0.234 e. The highest BCUT2D eigenvalue weighted by atomic mass is 32.2. The molecule has 1 atom stereocenters. The van der Waals surface area contributed by atoms with Gasteiger partial charge >= 0.3 is 0 Å². The van der Waals surface area contributed by atoms with Crippen LogP contribution in [0.4, 0.5) is 0 Å². The predicted octanol–water partition coefficient (Wildman–Crippen LogP) is -0.342. The number of hydrogen-bond acceptors (Lipinski definition) is 6. The van der Waals surface area contributed by atoms with Crippen molar-refractivity contribution >= 4 is 15.9 Å². The number of carbonyl (C=O) groups is 1. The number of morpholine rings is 1. The fraction of sp³-hybridized carbons (Fsp3) is 0.588. The first kappa shape index (κ1) is 19.1. The van der Waals surface area contributed by atoms with Gasteiger partial charge < -0.3 is 14.8 Å². The van der Waals surface area contributed by atoms with Crippen molar-refractivity contribution in [3.63, 3.8) is 0 Å². The van der Waals surface area contributed by atoms with Gasteiger partial charge in [0.15, 0.2) is 0 Å².